The number of carbonyl (C=O) groups is 1. The van der Waals surface area contributed by atoms with Crippen LogP contribution in [-0.4, -0.2) is 20.4 Å². The fraction of sp³-hybridized carbons (Fsp3) is 0.0625. The molecule has 11 heteroatoms. The Bertz CT molecular complexity index is 1130. The van der Waals surface area contributed by atoms with E-state index in [4.69, 9.17) is 0 Å². The van der Waals surface area contributed by atoms with Crippen LogP contribution in [0.15, 0.2) is 45.9 Å². The lowest BCUT2D eigenvalue weighted by molar-refractivity contribution is -0.384. The van der Waals surface area contributed by atoms with Crippen molar-refractivity contribution in [1.82, 2.24) is 9.55 Å². The molecule has 0 unspecified atom stereocenters. The minimum Gasteiger partial charge on any atom is -0.321 e. The van der Waals surface area contributed by atoms with Crippen LogP contribution in [0.1, 0.15) is 0 Å². The number of aromatic nitrogens is 2. The predicted octanol–water partition coefficient (Wildman–Crippen LogP) is 2.98. The molecule has 0 aliphatic carbocycles. The fourth-order valence-electron chi connectivity index (χ4n) is 2.37. The molecule has 1 aromatic heterocycles. The molecular formula is C16H9BrF2N4O4. The lowest BCUT2D eigenvalue weighted by Crippen LogP contribution is -2.28. The molecule has 0 aliphatic rings. The first-order valence-corrected chi connectivity index (χ1v) is 8.13. The van der Waals surface area contributed by atoms with Gasteiger partial charge in [0.1, 0.15) is 12.4 Å². The minimum absolute atomic E-state index is 0.00652. The van der Waals surface area contributed by atoms with E-state index < -0.39 is 34.6 Å². The number of anilines is 1. The van der Waals surface area contributed by atoms with Crippen molar-refractivity contribution >= 4 is 44.1 Å². The highest BCUT2D eigenvalue weighted by atomic mass is 79.9. The largest absolute Gasteiger partial charge is 0.321 e. The van der Waals surface area contributed by atoms with Crippen molar-refractivity contribution < 1.29 is 18.5 Å². The van der Waals surface area contributed by atoms with Gasteiger partial charge in [-0.15, -0.1) is 0 Å². The summed E-state index contributed by atoms with van der Waals surface area (Å²) in [6, 6.07) is 5.17. The molecule has 27 heavy (non-hydrogen) atoms. The molecule has 1 amide bonds. The molecule has 0 atom stereocenters. The molecule has 8 nitrogen and oxygen atoms in total. The second-order valence-corrected chi connectivity index (χ2v) is 6.28. The molecule has 0 saturated heterocycles. The Balaban J connectivity index is 1.90. The standard InChI is InChI=1S/C16H9BrF2N4O4/c17-11-3-8(18)4-12(19)15(11)21-14(24)6-22-7-20-13-2-1-9(23(26)27)5-10(13)16(22)25/h1-5,7H,6H2,(H,21,24). The summed E-state index contributed by atoms with van der Waals surface area (Å²) in [5.41, 5.74) is -1.01. The second-order valence-electron chi connectivity index (χ2n) is 5.43. The molecule has 3 aromatic rings. The first-order chi connectivity index (χ1) is 12.8. The van der Waals surface area contributed by atoms with Crippen molar-refractivity contribution in [2.45, 2.75) is 6.54 Å². The minimum atomic E-state index is -0.991. The van der Waals surface area contributed by atoms with E-state index in [-0.39, 0.29) is 26.8 Å². The number of nitro groups is 1. The van der Waals surface area contributed by atoms with Gasteiger partial charge in [-0.1, -0.05) is 0 Å². The maximum atomic E-state index is 13.8. The van der Waals surface area contributed by atoms with Crippen LogP contribution in [-0.2, 0) is 11.3 Å². The number of fused-ring (bicyclic) bond motifs is 1. The van der Waals surface area contributed by atoms with E-state index in [1.165, 1.54) is 12.1 Å². The summed E-state index contributed by atoms with van der Waals surface area (Å²) in [4.78, 5) is 38.8. The van der Waals surface area contributed by atoms with Crippen LogP contribution < -0.4 is 10.9 Å². The van der Waals surface area contributed by atoms with Crippen LogP contribution in [0.3, 0.4) is 0 Å². The van der Waals surface area contributed by atoms with E-state index in [1.54, 1.807) is 0 Å². The Morgan fingerprint density at radius 1 is 1.30 bits per heavy atom. The molecule has 3 rings (SSSR count). The van der Waals surface area contributed by atoms with Crippen LogP contribution >= 0.6 is 15.9 Å². The average Bonchev–Trinajstić information content (AvgIpc) is 2.60. The summed E-state index contributed by atoms with van der Waals surface area (Å²) in [6.45, 7) is -0.520. The summed E-state index contributed by atoms with van der Waals surface area (Å²) in [7, 11) is 0. The SMILES string of the molecule is O=C(Cn1cnc2ccc([N+](=O)[O-])cc2c1=O)Nc1c(F)cc(F)cc1Br. The lowest BCUT2D eigenvalue weighted by atomic mass is 10.2. The third-order valence-electron chi connectivity index (χ3n) is 3.60. The van der Waals surface area contributed by atoms with E-state index in [1.807, 2.05) is 0 Å². The Labute approximate surface area is 157 Å². The van der Waals surface area contributed by atoms with Crippen molar-refractivity contribution in [3.05, 3.63) is 73.2 Å². The van der Waals surface area contributed by atoms with Crippen LogP contribution in [0.5, 0.6) is 0 Å². The molecule has 0 radical (unpaired) electrons. The average molecular weight is 439 g/mol. The molecule has 1 N–H and O–H groups in total. The second kappa shape index (κ2) is 7.19. The highest BCUT2D eigenvalue weighted by molar-refractivity contribution is 9.10. The Morgan fingerprint density at radius 3 is 2.70 bits per heavy atom. The summed E-state index contributed by atoms with van der Waals surface area (Å²) >= 11 is 2.94. The molecule has 2 aromatic carbocycles. The molecule has 0 spiro atoms. The zero-order chi connectivity index (χ0) is 19.7. The van der Waals surface area contributed by atoms with Gasteiger partial charge in [0.2, 0.25) is 5.91 Å². The van der Waals surface area contributed by atoms with E-state index >= 15 is 0 Å². The van der Waals surface area contributed by atoms with Crippen molar-refractivity contribution in [2.75, 3.05) is 5.32 Å². The third kappa shape index (κ3) is 3.82. The van der Waals surface area contributed by atoms with E-state index in [0.717, 1.165) is 23.0 Å². The normalized spacial score (nSPS) is 10.8. The number of hydrogen-bond donors (Lipinski definition) is 1. The van der Waals surface area contributed by atoms with Crippen LogP contribution in [0.2, 0.25) is 0 Å². The summed E-state index contributed by atoms with van der Waals surface area (Å²) in [5, 5.41) is 13.1. The molecule has 0 fully saturated rings. The Morgan fingerprint density at radius 2 is 2.04 bits per heavy atom. The summed E-state index contributed by atoms with van der Waals surface area (Å²) in [5.74, 6) is -2.58. The van der Waals surface area contributed by atoms with Gasteiger partial charge >= 0.3 is 0 Å². The van der Waals surface area contributed by atoms with Crippen molar-refractivity contribution in [3.63, 3.8) is 0 Å². The quantitative estimate of drug-likeness (QED) is 0.497. The van der Waals surface area contributed by atoms with Gasteiger partial charge in [-0.3, -0.25) is 24.3 Å². The Hall–Kier alpha value is -3.21. The molecule has 0 aliphatic heterocycles. The first-order valence-electron chi connectivity index (χ1n) is 7.34. The van der Waals surface area contributed by atoms with E-state index in [9.17, 15) is 28.5 Å². The van der Waals surface area contributed by atoms with Gasteiger partial charge in [0.25, 0.3) is 11.2 Å². The number of rotatable bonds is 4. The monoisotopic (exact) mass is 438 g/mol. The smallest absolute Gasteiger partial charge is 0.270 e. The van der Waals surface area contributed by atoms with Crippen LogP contribution in [0.25, 0.3) is 10.9 Å². The zero-order valence-corrected chi connectivity index (χ0v) is 14.9. The number of nitrogens with zero attached hydrogens (tertiary/aromatic N) is 3. The molecule has 0 bridgehead atoms. The van der Waals surface area contributed by atoms with E-state index in [2.05, 4.69) is 26.2 Å². The van der Waals surface area contributed by atoms with Gasteiger partial charge in [0, 0.05) is 22.7 Å². The number of hydrogen-bond acceptors (Lipinski definition) is 5. The predicted molar refractivity (Wildman–Crippen MR) is 95.3 cm³/mol. The van der Waals surface area contributed by atoms with Crippen molar-refractivity contribution in [1.29, 1.82) is 0 Å². The van der Waals surface area contributed by atoms with Crippen LogP contribution in [0.4, 0.5) is 20.2 Å². The molecule has 0 saturated carbocycles. The topological polar surface area (TPSA) is 107 Å². The maximum Gasteiger partial charge on any atom is 0.270 e. The number of amides is 1. The third-order valence-corrected chi connectivity index (χ3v) is 4.23. The summed E-state index contributed by atoms with van der Waals surface area (Å²) in [6.07, 6.45) is 1.10. The number of halogens is 3. The highest BCUT2D eigenvalue weighted by Gasteiger charge is 2.15. The van der Waals surface area contributed by atoms with Gasteiger partial charge in [0.15, 0.2) is 5.82 Å². The number of non-ortho nitro benzene ring substituents is 1. The number of benzene rings is 2. The van der Waals surface area contributed by atoms with Gasteiger partial charge in [-0.05, 0) is 28.1 Å². The van der Waals surface area contributed by atoms with Gasteiger partial charge in [0.05, 0.1) is 27.8 Å². The van der Waals surface area contributed by atoms with Gasteiger partial charge in [-0.25, -0.2) is 13.8 Å². The van der Waals surface area contributed by atoms with E-state index in [0.29, 0.717) is 6.07 Å². The lowest BCUT2D eigenvalue weighted by Gasteiger charge is -2.10. The zero-order valence-electron chi connectivity index (χ0n) is 13.3. The van der Waals surface area contributed by atoms with Gasteiger partial charge in [-0.2, -0.15) is 0 Å². The Kier molecular flexibility index (Phi) is 4.95. The number of carbonyl (C=O) groups excluding carboxylic acids is 1. The fourth-order valence-corrected chi connectivity index (χ4v) is 2.88. The van der Waals surface area contributed by atoms with Crippen molar-refractivity contribution in [2.24, 2.45) is 0 Å². The first kappa shape index (κ1) is 18.6. The maximum absolute atomic E-state index is 13.8. The molecular weight excluding hydrogens is 430 g/mol. The van der Waals surface area contributed by atoms with Crippen LogP contribution in [0, 0.1) is 21.7 Å². The summed E-state index contributed by atoms with van der Waals surface area (Å²) < 4.78 is 27.8. The number of nitrogens with one attached hydrogen (secondary N) is 1. The van der Waals surface area contributed by atoms with Gasteiger partial charge < -0.3 is 5.32 Å². The molecule has 1 heterocycles. The highest BCUT2D eigenvalue weighted by Crippen LogP contribution is 2.26. The van der Waals surface area contributed by atoms with Crippen molar-refractivity contribution in [3.8, 4) is 0 Å². The number of nitro benzene ring substituents is 1. The molecule has 138 valence electrons.